The molecule has 0 unspecified atom stereocenters. The van der Waals surface area contributed by atoms with E-state index in [1.807, 2.05) is 54.6 Å². The van der Waals surface area contributed by atoms with Gasteiger partial charge < -0.3 is 9.84 Å². The lowest BCUT2D eigenvalue weighted by Crippen LogP contribution is -2.17. The molecule has 0 bridgehead atoms. The van der Waals surface area contributed by atoms with E-state index in [9.17, 15) is 13.5 Å². The molecule has 1 aromatic heterocycles. The zero-order chi connectivity index (χ0) is 21.8. The van der Waals surface area contributed by atoms with Gasteiger partial charge in [0.2, 0.25) is 10.0 Å². The summed E-state index contributed by atoms with van der Waals surface area (Å²) in [5.41, 5.74) is 3.07. The number of nitrogens with two attached hydrogens (primary N) is 1. The molecule has 3 N–H and O–H groups in total. The predicted molar refractivity (Wildman–Crippen MR) is 117 cm³/mol. The molecule has 158 valence electrons. The minimum Gasteiger partial charge on any atom is -0.489 e. The number of ether oxygens (including phenoxy) is 1. The first kappa shape index (κ1) is 20.8. The summed E-state index contributed by atoms with van der Waals surface area (Å²) in [6.07, 6.45) is 3.12. The summed E-state index contributed by atoms with van der Waals surface area (Å²) in [6, 6.07) is 22.0. The molecule has 7 nitrogen and oxygen atoms in total. The van der Waals surface area contributed by atoms with E-state index in [0.29, 0.717) is 23.5 Å². The molecule has 31 heavy (non-hydrogen) atoms. The van der Waals surface area contributed by atoms with Crippen LogP contribution in [-0.2, 0) is 23.2 Å². The molecule has 3 aromatic carbocycles. The van der Waals surface area contributed by atoms with E-state index in [1.54, 1.807) is 18.3 Å². The maximum atomic E-state index is 12.3. The molecule has 0 radical (unpaired) electrons. The van der Waals surface area contributed by atoms with Crippen molar-refractivity contribution < 1.29 is 18.3 Å². The van der Waals surface area contributed by atoms with Crippen LogP contribution in [0.5, 0.6) is 5.75 Å². The number of nitrogens with zero attached hydrogens (tertiary/aromatic N) is 2. The van der Waals surface area contributed by atoms with Crippen LogP contribution in [0.2, 0.25) is 0 Å². The third-order valence-electron chi connectivity index (χ3n) is 4.80. The number of hydrogen-bond donors (Lipinski definition) is 2. The van der Waals surface area contributed by atoms with E-state index >= 15 is 0 Å². The zero-order valence-corrected chi connectivity index (χ0v) is 17.4. The van der Waals surface area contributed by atoms with Gasteiger partial charge in [0.05, 0.1) is 12.3 Å². The molecular weight excluding hydrogens is 414 g/mol. The highest BCUT2D eigenvalue weighted by molar-refractivity contribution is 7.89. The van der Waals surface area contributed by atoms with Gasteiger partial charge in [0.25, 0.3) is 0 Å². The van der Waals surface area contributed by atoms with E-state index in [2.05, 4.69) is 5.10 Å². The number of aliphatic hydroxyl groups excluding tert-OH is 1. The van der Waals surface area contributed by atoms with Crippen LogP contribution in [-0.4, -0.2) is 23.3 Å². The molecule has 0 atom stereocenters. The second-order valence-electron chi connectivity index (χ2n) is 6.93. The van der Waals surface area contributed by atoms with Gasteiger partial charge >= 0.3 is 0 Å². The molecule has 0 fully saturated rings. The molecule has 0 spiro atoms. The summed E-state index contributed by atoms with van der Waals surface area (Å²) in [5.74, 6) is 0.690. The predicted octanol–water partition coefficient (Wildman–Crippen LogP) is 3.26. The van der Waals surface area contributed by atoms with Gasteiger partial charge in [-0.3, -0.25) is 0 Å². The van der Waals surface area contributed by atoms with Crippen molar-refractivity contribution in [3.63, 3.8) is 0 Å². The highest BCUT2D eigenvalue weighted by Crippen LogP contribution is 2.31. The summed E-state index contributed by atoms with van der Waals surface area (Å²) in [6.45, 7) is 0.0762. The Morgan fingerprint density at radius 3 is 2.32 bits per heavy atom. The van der Waals surface area contributed by atoms with E-state index in [4.69, 9.17) is 9.88 Å². The van der Waals surface area contributed by atoms with E-state index < -0.39 is 10.0 Å². The van der Waals surface area contributed by atoms with Crippen LogP contribution < -0.4 is 9.88 Å². The summed E-state index contributed by atoms with van der Waals surface area (Å²) in [4.78, 5) is -0.109. The Morgan fingerprint density at radius 1 is 0.968 bits per heavy atom. The van der Waals surface area contributed by atoms with Crippen LogP contribution in [0.25, 0.3) is 16.8 Å². The van der Waals surface area contributed by atoms with Crippen LogP contribution in [0.3, 0.4) is 0 Å². The van der Waals surface area contributed by atoms with Crippen LogP contribution >= 0.6 is 0 Å². The van der Waals surface area contributed by atoms with Crippen molar-refractivity contribution >= 4 is 10.0 Å². The number of sulfonamides is 1. The van der Waals surface area contributed by atoms with Gasteiger partial charge in [-0.05, 0) is 47.0 Å². The van der Waals surface area contributed by atoms with Gasteiger partial charge in [-0.1, -0.05) is 42.5 Å². The normalized spacial score (nSPS) is 11.4. The number of rotatable bonds is 7. The summed E-state index contributed by atoms with van der Waals surface area (Å²) >= 11 is 0. The van der Waals surface area contributed by atoms with Gasteiger partial charge in [0, 0.05) is 18.0 Å². The Labute approximate surface area is 180 Å². The van der Waals surface area contributed by atoms with Crippen LogP contribution in [0, 0.1) is 0 Å². The average Bonchev–Trinajstić information content (AvgIpc) is 3.32. The number of hydrogen-bond acceptors (Lipinski definition) is 5. The van der Waals surface area contributed by atoms with Crippen LogP contribution in [0.4, 0.5) is 0 Å². The van der Waals surface area contributed by atoms with Gasteiger partial charge in [-0.2, -0.15) is 5.10 Å². The molecule has 1 heterocycles. The Hall–Kier alpha value is -3.46. The lowest BCUT2D eigenvalue weighted by atomic mass is 10.0. The minimum absolute atomic E-state index is 0.109. The Morgan fingerprint density at radius 2 is 1.71 bits per heavy atom. The van der Waals surface area contributed by atoms with E-state index in [1.165, 1.54) is 16.9 Å². The monoisotopic (exact) mass is 435 g/mol. The van der Waals surface area contributed by atoms with Crippen molar-refractivity contribution in [2.75, 3.05) is 0 Å². The fourth-order valence-corrected chi connectivity index (χ4v) is 4.10. The molecular formula is C23H21N3O4S. The van der Waals surface area contributed by atoms with E-state index in [0.717, 1.165) is 11.1 Å². The minimum atomic E-state index is -4.07. The third kappa shape index (κ3) is 4.66. The van der Waals surface area contributed by atoms with Crippen molar-refractivity contribution in [3.8, 4) is 22.6 Å². The van der Waals surface area contributed by atoms with Gasteiger partial charge in [-0.25, -0.2) is 18.2 Å². The second-order valence-corrected chi connectivity index (χ2v) is 8.46. The fraction of sp³-hybridized carbons (Fsp3) is 0.0870. The Balaban J connectivity index is 1.68. The first-order valence-electron chi connectivity index (χ1n) is 9.53. The second kappa shape index (κ2) is 8.73. The van der Waals surface area contributed by atoms with Crippen molar-refractivity contribution in [2.24, 2.45) is 5.14 Å². The Bertz CT molecular complexity index is 1270. The number of primary sulfonamides is 1. The standard InChI is InChI=1S/C23H21N3O4S/c24-31(28,29)22-14-19(13-20(15-27)23(22)26-12-4-11-25-26)18-7-9-21(10-8-18)30-16-17-5-2-1-3-6-17/h1-14,27H,15-16H2,(H2,24,28,29). The lowest BCUT2D eigenvalue weighted by molar-refractivity contribution is 0.281. The van der Waals surface area contributed by atoms with Crippen LogP contribution in [0.1, 0.15) is 11.1 Å². The molecule has 0 saturated carbocycles. The molecule has 8 heteroatoms. The van der Waals surface area contributed by atoms with Crippen molar-refractivity contribution in [2.45, 2.75) is 18.1 Å². The molecule has 0 aliphatic rings. The highest BCUT2D eigenvalue weighted by Gasteiger charge is 2.21. The largest absolute Gasteiger partial charge is 0.489 e. The average molecular weight is 436 g/mol. The summed E-state index contributed by atoms with van der Waals surface area (Å²) in [5, 5.41) is 19.5. The highest BCUT2D eigenvalue weighted by atomic mass is 32.2. The van der Waals surface area contributed by atoms with E-state index in [-0.39, 0.29) is 17.2 Å². The van der Waals surface area contributed by atoms with Gasteiger partial charge in [-0.15, -0.1) is 0 Å². The maximum absolute atomic E-state index is 12.3. The molecule has 0 aliphatic heterocycles. The molecule has 0 amide bonds. The fourth-order valence-electron chi connectivity index (χ4n) is 3.32. The topological polar surface area (TPSA) is 107 Å². The van der Waals surface area contributed by atoms with Crippen molar-refractivity contribution in [1.82, 2.24) is 9.78 Å². The van der Waals surface area contributed by atoms with Gasteiger partial charge in [0.15, 0.2) is 0 Å². The number of aliphatic hydroxyl groups is 1. The number of aromatic nitrogens is 2. The molecule has 0 saturated heterocycles. The smallest absolute Gasteiger partial charge is 0.240 e. The first-order chi connectivity index (χ1) is 15.0. The van der Waals surface area contributed by atoms with Crippen LogP contribution in [0.15, 0.2) is 90.1 Å². The number of benzene rings is 3. The van der Waals surface area contributed by atoms with Crippen molar-refractivity contribution in [3.05, 3.63) is 96.3 Å². The van der Waals surface area contributed by atoms with Crippen molar-refractivity contribution in [1.29, 1.82) is 0 Å². The third-order valence-corrected chi connectivity index (χ3v) is 5.72. The maximum Gasteiger partial charge on any atom is 0.240 e. The quantitative estimate of drug-likeness (QED) is 0.463. The zero-order valence-electron chi connectivity index (χ0n) is 16.5. The Kier molecular flexibility index (Phi) is 5.85. The summed E-state index contributed by atoms with van der Waals surface area (Å²) in [7, 11) is -4.07. The SMILES string of the molecule is NS(=O)(=O)c1cc(-c2ccc(OCc3ccccc3)cc2)cc(CO)c1-n1cccn1. The van der Waals surface area contributed by atoms with Gasteiger partial charge in [0.1, 0.15) is 17.3 Å². The molecule has 0 aliphatic carbocycles. The lowest BCUT2D eigenvalue weighted by Gasteiger charge is -2.15. The summed E-state index contributed by atoms with van der Waals surface area (Å²) < 4.78 is 31.8. The molecule has 4 rings (SSSR count). The molecule has 4 aromatic rings. The first-order valence-corrected chi connectivity index (χ1v) is 11.1.